The minimum atomic E-state index is -1.04. The van der Waals surface area contributed by atoms with Gasteiger partial charge >= 0.3 is 0 Å². The number of fused-ring (bicyclic) bond motifs is 1. The van der Waals surface area contributed by atoms with Gasteiger partial charge in [0.1, 0.15) is 11.2 Å². The van der Waals surface area contributed by atoms with Crippen LogP contribution >= 0.6 is 11.6 Å². The number of nitrogens with zero attached hydrogens (tertiary/aromatic N) is 5. The van der Waals surface area contributed by atoms with Crippen molar-refractivity contribution in [2.45, 2.75) is 38.6 Å². The molecule has 1 unspecified atom stereocenters. The summed E-state index contributed by atoms with van der Waals surface area (Å²) in [6.45, 7) is 2.41. The Balaban J connectivity index is 1.37. The second kappa shape index (κ2) is 9.89. The standard InChI is InChI=1S/C25H24ClF2N7O2/c1-3-16-20(26)23(34(2)33-16)24(36)30-19-11-17(31-32-19)18-6-4-5-9-35(18)25(37)14-10-13-7-8-15(27)21(28)22(13)29-12-14/h7-8,10-12,18H,3-6,9H2,1-2H3,(H2,30,31,32,36). The van der Waals surface area contributed by atoms with Gasteiger partial charge in [0.25, 0.3) is 11.8 Å². The van der Waals surface area contributed by atoms with E-state index >= 15 is 0 Å². The van der Waals surface area contributed by atoms with Gasteiger partial charge in [-0.3, -0.25) is 24.4 Å². The maximum Gasteiger partial charge on any atom is 0.276 e. The molecule has 9 nitrogen and oxygen atoms in total. The van der Waals surface area contributed by atoms with E-state index < -0.39 is 17.5 Å². The smallest absolute Gasteiger partial charge is 0.276 e. The van der Waals surface area contributed by atoms with E-state index in [0.717, 1.165) is 18.9 Å². The molecule has 0 aliphatic carbocycles. The minimum Gasteiger partial charge on any atom is -0.330 e. The van der Waals surface area contributed by atoms with E-state index in [2.05, 4.69) is 25.6 Å². The largest absolute Gasteiger partial charge is 0.330 e. The number of halogens is 3. The Bertz CT molecular complexity index is 1520. The molecule has 4 aromatic rings. The van der Waals surface area contributed by atoms with Gasteiger partial charge in [-0.1, -0.05) is 18.5 Å². The Kier molecular flexibility index (Phi) is 6.63. The third-order valence-corrected chi connectivity index (χ3v) is 6.96. The van der Waals surface area contributed by atoms with Crippen LogP contribution in [-0.2, 0) is 13.5 Å². The number of H-pyrrole nitrogens is 1. The molecule has 12 heteroatoms. The number of amides is 2. The first-order chi connectivity index (χ1) is 17.8. The molecule has 0 radical (unpaired) electrons. The second-order valence-electron chi connectivity index (χ2n) is 8.92. The van der Waals surface area contributed by atoms with Crippen molar-refractivity contribution in [3.05, 3.63) is 69.8 Å². The fourth-order valence-corrected chi connectivity index (χ4v) is 5.07. The van der Waals surface area contributed by atoms with Crippen LogP contribution in [0.1, 0.15) is 64.5 Å². The molecular weight excluding hydrogens is 504 g/mol. The normalized spacial score (nSPS) is 15.8. The Morgan fingerprint density at radius 3 is 2.81 bits per heavy atom. The number of anilines is 1. The lowest BCUT2D eigenvalue weighted by Gasteiger charge is -2.35. The number of likely N-dealkylation sites (tertiary alicyclic amines) is 1. The van der Waals surface area contributed by atoms with Gasteiger partial charge < -0.3 is 10.2 Å². The van der Waals surface area contributed by atoms with Gasteiger partial charge in [0.05, 0.1) is 28.0 Å². The zero-order valence-electron chi connectivity index (χ0n) is 20.2. The molecule has 1 aromatic carbocycles. The molecule has 5 rings (SSSR count). The molecule has 4 heterocycles. The second-order valence-corrected chi connectivity index (χ2v) is 9.29. The molecule has 2 amide bonds. The van der Waals surface area contributed by atoms with Gasteiger partial charge in [-0.05, 0) is 43.9 Å². The first kappa shape index (κ1) is 24.8. The Hall–Kier alpha value is -3.86. The summed E-state index contributed by atoms with van der Waals surface area (Å²) in [5, 5.41) is 14.8. The topological polar surface area (TPSA) is 109 Å². The van der Waals surface area contributed by atoms with Crippen molar-refractivity contribution in [2.24, 2.45) is 7.05 Å². The number of carbonyl (C=O) groups is 2. The van der Waals surface area contributed by atoms with E-state index in [1.54, 1.807) is 18.0 Å². The number of piperidine rings is 1. The summed E-state index contributed by atoms with van der Waals surface area (Å²) in [5.41, 5.74) is 1.67. The fourth-order valence-electron chi connectivity index (χ4n) is 4.70. The number of aromatic nitrogens is 5. The van der Waals surface area contributed by atoms with Gasteiger partial charge in [-0.25, -0.2) is 8.78 Å². The highest BCUT2D eigenvalue weighted by Gasteiger charge is 2.31. The quantitative estimate of drug-likeness (QED) is 0.387. The van der Waals surface area contributed by atoms with Crippen LogP contribution < -0.4 is 5.32 Å². The summed E-state index contributed by atoms with van der Waals surface area (Å²) < 4.78 is 29.0. The molecule has 0 bridgehead atoms. The number of hydrogen-bond acceptors (Lipinski definition) is 5. The van der Waals surface area contributed by atoms with Crippen molar-refractivity contribution in [1.29, 1.82) is 0 Å². The number of pyridine rings is 1. The summed E-state index contributed by atoms with van der Waals surface area (Å²) in [4.78, 5) is 32.0. The van der Waals surface area contributed by atoms with Crippen molar-refractivity contribution < 1.29 is 18.4 Å². The molecule has 2 N–H and O–H groups in total. The lowest BCUT2D eigenvalue weighted by Crippen LogP contribution is -2.38. The molecule has 37 heavy (non-hydrogen) atoms. The van der Waals surface area contributed by atoms with Gasteiger partial charge in [-0.15, -0.1) is 0 Å². The number of rotatable bonds is 5. The Morgan fingerprint density at radius 1 is 1.24 bits per heavy atom. The van der Waals surface area contributed by atoms with E-state index in [4.69, 9.17) is 11.6 Å². The van der Waals surface area contributed by atoms with Crippen LogP contribution in [0.2, 0.25) is 5.02 Å². The summed E-state index contributed by atoms with van der Waals surface area (Å²) in [6, 6.07) is 5.30. The Labute approximate surface area is 215 Å². The van der Waals surface area contributed by atoms with Gasteiger partial charge in [0, 0.05) is 31.2 Å². The van der Waals surface area contributed by atoms with Crippen LogP contribution in [0.4, 0.5) is 14.6 Å². The van der Waals surface area contributed by atoms with Gasteiger partial charge in [0.15, 0.2) is 17.5 Å². The van der Waals surface area contributed by atoms with Crippen molar-refractivity contribution >= 4 is 40.1 Å². The van der Waals surface area contributed by atoms with Crippen molar-refractivity contribution in [2.75, 3.05) is 11.9 Å². The molecule has 0 saturated carbocycles. The summed E-state index contributed by atoms with van der Waals surface area (Å²) >= 11 is 6.32. The lowest BCUT2D eigenvalue weighted by atomic mass is 9.98. The number of aryl methyl sites for hydroxylation is 2. The van der Waals surface area contributed by atoms with Crippen LogP contribution in [0.3, 0.4) is 0 Å². The molecule has 1 aliphatic rings. The lowest BCUT2D eigenvalue weighted by molar-refractivity contribution is 0.0605. The summed E-state index contributed by atoms with van der Waals surface area (Å²) in [7, 11) is 1.65. The summed E-state index contributed by atoms with van der Waals surface area (Å²) in [5.74, 6) is -2.47. The van der Waals surface area contributed by atoms with Crippen LogP contribution in [0.15, 0.2) is 30.5 Å². The van der Waals surface area contributed by atoms with Crippen LogP contribution in [0.5, 0.6) is 0 Å². The van der Waals surface area contributed by atoms with E-state index in [9.17, 15) is 18.4 Å². The van der Waals surface area contributed by atoms with E-state index in [-0.39, 0.29) is 34.5 Å². The fraction of sp³-hybridized carbons (Fsp3) is 0.320. The number of nitrogens with one attached hydrogen (secondary N) is 2. The molecular formula is C25H24ClF2N7O2. The maximum absolute atomic E-state index is 14.0. The van der Waals surface area contributed by atoms with E-state index in [0.29, 0.717) is 41.2 Å². The monoisotopic (exact) mass is 527 g/mol. The molecule has 0 spiro atoms. The van der Waals surface area contributed by atoms with Crippen molar-refractivity contribution in [3.63, 3.8) is 0 Å². The van der Waals surface area contributed by atoms with Crippen molar-refractivity contribution in [1.82, 2.24) is 29.9 Å². The highest BCUT2D eigenvalue weighted by molar-refractivity contribution is 6.34. The predicted molar refractivity (Wildman–Crippen MR) is 133 cm³/mol. The van der Waals surface area contributed by atoms with Gasteiger partial charge in [-0.2, -0.15) is 10.2 Å². The number of hydrogen-bond donors (Lipinski definition) is 2. The van der Waals surface area contributed by atoms with Crippen LogP contribution in [-0.4, -0.2) is 48.2 Å². The van der Waals surface area contributed by atoms with Crippen molar-refractivity contribution in [3.8, 4) is 0 Å². The number of benzene rings is 1. The Morgan fingerprint density at radius 2 is 2.05 bits per heavy atom. The number of aromatic amines is 1. The average Bonchev–Trinajstić information content (AvgIpc) is 3.48. The third-order valence-electron chi connectivity index (χ3n) is 6.56. The number of carbonyl (C=O) groups excluding carboxylic acids is 2. The van der Waals surface area contributed by atoms with Gasteiger partial charge in [0.2, 0.25) is 0 Å². The van der Waals surface area contributed by atoms with E-state index in [1.807, 2.05) is 6.92 Å². The molecule has 1 atom stereocenters. The average molecular weight is 528 g/mol. The third kappa shape index (κ3) is 4.55. The van der Waals surface area contributed by atoms with Crippen LogP contribution in [0, 0.1) is 11.6 Å². The first-order valence-electron chi connectivity index (χ1n) is 11.9. The highest BCUT2D eigenvalue weighted by Crippen LogP contribution is 2.33. The molecule has 3 aromatic heterocycles. The molecule has 1 aliphatic heterocycles. The minimum absolute atomic E-state index is 0.125. The van der Waals surface area contributed by atoms with E-state index in [1.165, 1.54) is 23.0 Å². The predicted octanol–water partition coefficient (Wildman–Crippen LogP) is 4.81. The highest BCUT2D eigenvalue weighted by atomic mass is 35.5. The molecule has 192 valence electrons. The summed E-state index contributed by atoms with van der Waals surface area (Å²) in [6.07, 6.45) is 4.27. The molecule has 1 saturated heterocycles. The first-order valence-corrected chi connectivity index (χ1v) is 12.3. The molecule has 1 fully saturated rings. The van der Waals surface area contributed by atoms with Crippen LogP contribution in [0.25, 0.3) is 10.9 Å². The SMILES string of the molecule is CCc1nn(C)c(C(=O)Nc2cc(C3CCCCN3C(=O)c3cnc4c(F)c(F)ccc4c3)[nH]n2)c1Cl. The maximum atomic E-state index is 14.0. The zero-order chi connectivity index (χ0) is 26.3. The zero-order valence-corrected chi connectivity index (χ0v) is 20.9.